The monoisotopic (exact) mass is 304 g/mol. The van der Waals surface area contributed by atoms with Crippen molar-refractivity contribution in [2.24, 2.45) is 0 Å². The smallest absolute Gasteiger partial charge is 0.348 e. The summed E-state index contributed by atoms with van der Waals surface area (Å²) in [4.78, 5) is 11.9. The average molecular weight is 304 g/mol. The fraction of sp³-hybridized carbons (Fsp3) is 0.125. The second kappa shape index (κ2) is 6.31. The fourth-order valence-corrected chi connectivity index (χ4v) is 1.92. The number of nitriles is 1. The van der Waals surface area contributed by atoms with Crippen molar-refractivity contribution in [2.45, 2.75) is 12.7 Å². The largest absolute Gasteiger partial charge is 0.416 e. The van der Waals surface area contributed by atoms with E-state index in [9.17, 15) is 18.0 Å². The predicted octanol–water partition coefficient (Wildman–Crippen LogP) is 3.51. The van der Waals surface area contributed by atoms with Crippen LogP contribution < -0.4 is 5.32 Å². The lowest BCUT2D eigenvalue weighted by Crippen LogP contribution is -2.24. The number of carbonyl (C=O) groups is 1. The molecule has 1 amide bonds. The van der Waals surface area contributed by atoms with Gasteiger partial charge in [-0.2, -0.15) is 18.4 Å². The summed E-state index contributed by atoms with van der Waals surface area (Å²) < 4.78 is 38.5. The van der Waals surface area contributed by atoms with Gasteiger partial charge >= 0.3 is 6.18 Å². The van der Waals surface area contributed by atoms with Crippen LogP contribution >= 0.6 is 0 Å². The van der Waals surface area contributed by atoms with E-state index in [0.29, 0.717) is 5.56 Å². The minimum atomic E-state index is -4.46. The van der Waals surface area contributed by atoms with Gasteiger partial charge in [0, 0.05) is 12.1 Å². The Morgan fingerprint density at radius 1 is 1.09 bits per heavy atom. The molecule has 0 spiro atoms. The molecule has 0 unspecified atom stereocenters. The lowest BCUT2D eigenvalue weighted by atomic mass is 10.1. The molecule has 0 saturated carbocycles. The van der Waals surface area contributed by atoms with Crippen LogP contribution in [0.5, 0.6) is 0 Å². The molecule has 0 radical (unpaired) electrons. The number of amides is 1. The molecule has 112 valence electrons. The van der Waals surface area contributed by atoms with Gasteiger partial charge in [-0.1, -0.05) is 18.2 Å². The Balaban J connectivity index is 2.10. The second-order valence-electron chi connectivity index (χ2n) is 4.53. The first-order valence-electron chi connectivity index (χ1n) is 6.35. The number of halogens is 3. The number of carbonyl (C=O) groups excluding carboxylic acids is 1. The molecule has 0 aliphatic carbocycles. The highest BCUT2D eigenvalue weighted by Crippen LogP contribution is 2.31. The molecule has 0 bridgehead atoms. The van der Waals surface area contributed by atoms with Crippen LogP contribution in [0.4, 0.5) is 13.2 Å². The van der Waals surface area contributed by atoms with Crippen LogP contribution in [-0.4, -0.2) is 5.91 Å². The fourth-order valence-electron chi connectivity index (χ4n) is 1.92. The average Bonchev–Trinajstić information content (AvgIpc) is 2.52. The summed E-state index contributed by atoms with van der Waals surface area (Å²) in [5, 5.41) is 11.1. The Morgan fingerprint density at radius 2 is 1.73 bits per heavy atom. The van der Waals surface area contributed by atoms with Gasteiger partial charge in [0.2, 0.25) is 0 Å². The van der Waals surface area contributed by atoms with Gasteiger partial charge in [-0.25, -0.2) is 0 Å². The van der Waals surface area contributed by atoms with Crippen molar-refractivity contribution in [1.29, 1.82) is 5.26 Å². The third-order valence-corrected chi connectivity index (χ3v) is 3.04. The quantitative estimate of drug-likeness (QED) is 0.943. The zero-order chi connectivity index (χ0) is 16.2. The maximum Gasteiger partial charge on any atom is 0.416 e. The molecule has 2 aromatic rings. The van der Waals surface area contributed by atoms with Crippen molar-refractivity contribution in [1.82, 2.24) is 5.32 Å². The molecule has 0 aliphatic rings. The van der Waals surface area contributed by atoms with Gasteiger partial charge in [0.15, 0.2) is 0 Å². The van der Waals surface area contributed by atoms with Crippen molar-refractivity contribution in [3.8, 4) is 6.07 Å². The third kappa shape index (κ3) is 3.64. The van der Waals surface area contributed by atoms with Gasteiger partial charge in [-0.15, -0.1) is 0 Å². The van der Waals surface area contributed by atoms with Crippen LogP contribution in [-0.2, 0) is 12.7 Å². The predicted molar refractivity (Wildman–Crippen MR) is 73.8 cm³/mol. The Morgan fingerprint density at radius 3 is 2.32 bits per heavy atom. The molecule has 0 atom stereocenters. The van der Waals surface area contributed by atoms with E-state index in [2.05, 4.69) is 5.32 Å². The normalized spacial score (nSPS) is 10.8. The highest BCUT2D eigenvalue weighted by molar-refractivity contribution is 5.94. The maximum atomic E-state index is 12.8. The van der Waals surface area contributed by atoms with Gasteiger partial charge in [-0.05, 0) is 35.9 Å². The van der Waals surface area contributed by atoms with Crippen LogP contribution in [0, 0.1) is 11.3 Å². The summed E-state index contributed by atoms with van der Waals surface area (Å²) in [5.41, 5.74) is -0.0884. The summed E-state index contributed by atoms with van der Waals surface area (Å²) in [6.07, 6.45) is -4.46. The molecule has 0 aliphatic heterocycles. The molecular weight excluding hydrogens is 293 g/mol. The number of hydrogen-bond donors (Lipinski definition) is 1. The van der Waals surface area contributed by atoms with E-state index in [1.807, 2.05) is 6.07 Å². The standard InChI is InChI=1S/C16H11F3N2O/c17-16(18,19)14-4-2-1-3-13(14)10-21-15(22)12-7-5-11(9-20)6-8-12/h1-8H,10H2,(H,21,22). The number of hydrogen-bond acceptors (Lipinski definition) is 2. The van der Waals surface area contributed by atoms with Crippen molar-refractivity contribution in [3.63, 3.8) is 0 Å². The lowest BCUT2D eigenvalue weighted by Gasteiger charge is -2.13. The van der Waals surface area contributed by atoms with Crippen molar-refractivity contribution >= 4 is 5.91 Å². The molecule has 22 heavy (non-hydrogen) atoms. The Hall–Kier alpha value is -2.81. The summed E-state index contributed by atoms with van der Waals surface area (Å²) in [5.74, 6) is -0.499. The van der Waals surface area contributed by atoms with E-state index in [1.165, 1.54) is 42.5 Å². The number of alkyl halides is 3. The molecule has 0 fully saturated rings. The van der Waals surface area contributed by atoms with Gasteiger partial charge in [0.1, 0.15) is 0 Å². The van der Waals surface area contributed by atoms with Crippen molar-refractivity contribution < 1.29 is 18.0 Å². The Kier molecular flexibility index (Phi) is 4.47. The van der Waals surface area contributed by atoms with E-state index in [-0.39, 0.29) is 17.7 Å². The van der Waals surface area contributed by atoms with E-state index < -0.39 is 17.6 Å². The van der Waals surface area contributed by atoms with E-state index in [4.69, 9.17) is 5.26 Å². The molecule has 0 aromatic heterocycles. The topological polar surface area (TPSA) is 52.9 Å². The molecule has 0 heterocycles. The van der Waals surface area contributed by atoms with Gasteiger partial charge in [-0.3, -0.25) is 4.79 Å². The van der Waals surface area contributed by atoms with Crippen LogP contribution in [0.25, 0.3) is 0 Å². The minimum Gasteiger partial charge on any atom is -0.348 e. The molecule has 2 rings (SSSR count). The molecule has 6 heteroatoms. The van der Waals surface area contributed by atoms with Crippen LogP contribution in [0.1, 0.15) is 27.0 Å². The Labute approximate surface area is 125 Å². The lowest BCUT2D eigenvalue weighted by molar-refractivity contribution is -0.138. The zero-order valence-corrected chi connectivity index (χ0v) is 11.3. The number of rotatable bonds is 3. The molecule has 0 saturated heterocycles. The SMILES string of the molecule is N#Cc1ccc(C(=O)NCc2ccccc2C(F)(F)F)cc1. The number of nitrogens with one attached hydrogen (secondary N) is 1. The number of nitrogens with zero attached hydrogens (tertiary/aromatic N) is 1. The maximum absolute atomic E-state index is 12.8. The first kappa shape index (κ1) is 15.6. The van der Waals surface area contributed by atoms with Crippen molar-refractivity contribution in [2.75, 3.05) is 0 Å². The summed E-state index contributed by atoms with van der Waals surface area (Å²) in [7, 11) is 0. The van der Waals surface area contributed by atoms with Crippen LogP contribution in [0.15, 0.2) is 48.5 Å². The molecular formula is C16H11F3N2O. The van der Waals surface area contributed by atoms with Crippen LogP contribution in [0.3, 0.4) is 0 Å². The minimum absolute atomic E-state index is 0.00278. The van der Waals surface area contributed by atoms with Gasteiger partial charge in [0.25, 0.3) is 5.91 Å². The van der Waals surface area contributed by atoms with Crippen molar-refractivity contribution in [3.05, 3.63) is 70.8 Å². The first-order valence-corrected chi connectivity index (χ1v) is 6.35. The van der Waals surface area contributed by atoms with Crippen LogP contribution in [0.2, 0.25) is 0 Å². The second-order valence-corrected chi connectivity index (χ2v) is 4.53. The summed E-state index contributed by atoms with van der Waals surface area (Å²) in [6, 6.07) is 12.8. The third-order valence-electron chi connectivity index (χ3n) is 3.04. The highest BCUT2D eigenvalue weighted by atomic mass is 19.4. The zero-order valence-electron chi connectivity index (χ0n) is 11.3. The Bertz CT molecular complexity index is 715. The molecule has 1 N–H and O–H groups in total. The summed E-state index contributed by atoms with van der Waals surface area (Å²) in [6.45, 7) is -0.228. The van der Waals surface area contributed by atoms with E-state index >= 15 is 0 Å². The molecule has 3 nitrogen and oxygen atoms in total. The van der Waals surface area contributed by atoms with E-state index in [0.717, 1.165) is 6.07 Å². The van der Waals surface area contributed by atoms with E-state index in [1.54, 1.807) is 0 Å². The van der Waals surface area contributed by atoms with Gasteiger partial charge in [0.05, 0.1) is 17.2 Å². The van der Waals surface area contributed by atoms with Gasteiger partial charge < -0.3 is 5.32 Å². The highest BCUT2D eigenvalue weighted by Gasteiger charge is 2.32. The summed E-state index contributed by atoms with van der Waals surface area (Å²) >= 11 is 0. The first-order chi connectivity index (χ1) is 10.4. The molecule has 2 aromatic carbocycles. The number of benzene rings is 2.